The molecule has 0 heterocycles. The number of aryl methyl sites for hydroxylation is 1. The summed E-state index contributed by atoms with van der Waals surface area (Å²) in [5, 5.41) is 0. The van der Waals surface area contributed by atoms with Gasteiger partial charge >= 0.3 is 0 Å². The Labute approximate surface area is 156 Å². The Morgan fingerprint density at radius 2 is 1.27 bits per heavy atom. The molecule has 0 N–H and O–H groups in total. The molecule has 0 amide bonds. The van der Waals surface area contributed by atoms with Crippen LogP contribution < -0.4 is 0 Å². The number of hydrogen-bond donors (Lipinski definition) is 0. The highest BCUT2D eigenvalue weighted by Gasteiger charge is 2.14. The lowest BCUT2D eigenvalue weighted by molar-refractivity contribution is 1.40. The Balaban J connectivity index is 2.17. The molecule has 26 heavy (non-hydrogen) atoms. The fraction of sp³-hybridized carbons (Fsp3) is 0.0800. The Kier molecular flexibility index (Phi) is 5.28. The summed E-state index contributed by atoms with van der Waals surface area (Å²) in [5.41, 5.74) is 8.64. The predicted octanol–water partition coefficient (Wildman–Crippen LogP) is 6.65. The Morgan fingerprint density at radius 3 is 1.88 bits per heavy atom. The largest absolute Gasteiger partial charge is 0.264 e. The summed E-state index contributed by atoms with van der Waals surface area (Å²) in [6, 6.07) is 26.9. The summed E-state index contributed by atoms with van der Waals surface area (Å²) >= 11 is 0. The van der Waals surface area contributed by atoms with E-state index in [1.807, 2.05) is 42.5 Å². The van der Waals surface area contributed by atoms with Crippen molar-refractivity contribution in [2.45, 2.75) is 13.8 Å². The van der Waals surface area contributed by atoms with Gasteiger partial charge in [-0.25, -0.2) is 0 Å². The Morgan fingerprint density at radius 1 is 0.731 bits per heavy atom. The second-order valence-corrected chi connectivity index (χ2v) is 6.34. The number of hydrogen-bond acceptors (Lipinski definition) is 1. The van der Waals surface area contributed by atoms with Gasteiger partial charge in [0.1, 0.15) is 0 Å². The number of nitrogens with zero attached hydrogens (tertiary/aromatic N) is 1. The highest BCUT2D eigenvalue weighted by Crippen LogP contribution is 2.34. The van der Waals surface area contributed by atoms with E-state index in [0.29, 0.717) is 0 Å². The van der Waals surface area contributed by atoms with Crippen LogP contribution in [0.15, 0.2) is 90.4 Å². The summed E-state index contributed by atoms with van der Waals surface area (Å²) < 4.78 is 0. The van der Waals surface area contributed by atoms with Crippen LogP contribution in [0.4, 0.5) is 0 Å². The summed E-state index contributed by atoms with van der Waals surface area (Å²) in [4.78, 5) is 4.38. The minimum absolute atomic E-state index is 0.890. The van der Waals surface area contributed by atoms with E-state index in [-0.39, 0.29) is 0 Å². The molecule has 1 nitrogen and oxygen atoms in total. The third-order valence-corrected chi connectivity index (χ3v) is 4.70. The SMILES string of the molecule is C=N/C(=C(\C)c1ccccc1)c1ccccc1C(=C)c1ccccc1C. The molecule has 3 aromatic rings. The van der Waals surface area contributed by atoms with Crippen molar-refractivity contribution < 1.29 is 0 Å². The van der Waals surface area contributed by atoms with Crippen LogP contribution in [0.25, 0.3) is 16.8 Å². The van der Waals surface area contributed by atoms with Crippen molar-refractivity contribution in [3.63, 3.8) is 0 Å². The monoisotopic (exact) mass is 337 g/mol. The van der Waals surface area contributed by atoms with Crippen molar-refractivity contribution in [3.8, 4) is 0 Å². The molecule has 0 aliphatic carbocycles. The van der Waals surface area contributed by atoms with Gasteiger partial charge < -0.3 is 0 Å². The van der Waals surface area contributed by atoms with Crippen molar-refractivity contribution in [2.24, 2.45) is 4.99 Å². The van der Waals surface area contributed by atoms with Crippen molar-refractivity contribution in [1.82, 2.24) is 0 Å². The van der Waals surface area contributed by atoms with E-state index in [1.165, 1.54) is 5.56 Å². The smallest absolute Gasteiger partial charge is 0.0736 e. The van der Waals surface area contributed by atoms with E-state index in [0.717, 1.165) is 39.1 Å². The summed E-state index contributed by atoms with van der Waals surface area (Å²) in [5.74, 6) is 0. The van der Waals surface area contributed by atoms with Gasteiger partial charge in [-0.05, 0) is 54.0 Å². The molecular weight excluding hydrogens is 314 g/mol. The van der Waals surface area contributed by atoms with Crippen molar-refractivity contribution in [2.75, 3.05) is 0 Å². The van der Waals surface area contributed by atoms with E-state index < -0.39 is 0 Å². The van der Waals surface area contributed by atoms with Crippen LogP contribution in [0.3, 0.4) is 0 Å². The molecule has 128 valence electrons. The van der Waals surface area contributed by atoms with E-state index >= 15 is 0 Å². The molecule has 0 saturated carbocycles. The zero-order valence-electron chi connectivity index (χ0n) is 15.4. The lowest BCUT2D eigenvalue weighted by Gasteiger charge is -2.16. The molecule has 0 atom stereocenters. The van der Waals surface area contributed by atoms with Gasteiger partial charge in [0.25, 0.3) is 0 Å². The fourth-order valence-electron chi connectivity index (χ4n) is 3.24. The minimum Gasteiger partial charge on any atom is -0.264 e. The number of allylic oxidation sites excluding steroid dienone is 1. The number of rotatable bonds is 5. The highest BCUT2D eigenvalue weighted by atomic mass is 14.7. The highest BCUT2D eigenvalue weighted by molar-refractivity contribution is 5.96. The van der Waals surface area contributed by atoms with Crippen LogP contribution in [-0.2, 0) is 0 Å². The summed E-state index contributed by atoms with van der Waals surface area (Å²) in [6.45, 7) is 12.4. The first-order valence-corrected chi connectivity index (χ1v) is 8.71. The van der Waals surface area contributed by atoms with Crippen LogP contribution in [0, 0.1) is 6.92 Å². The molecule has 0 aliphatic heterocycles. The third-order valence-electron chi connectivity index (χ3n) is 4.70. The van der Waals surface area contributed by atoms with Crippen LogP contribution in [0.1, 0.15) is 34.7 Å². The van der Waals surface area contributed by atoms with E-state index in [1.54, 1.807) is 0 Å². The Bertz CT molecular complexity index is 978. The second kappa shape index (κ2) is 7.79. The third kappa shape index (κ3) is 3.43. The van der Waals surface area contributed by atoms with Crippen LogP contribution in [-0.4, -0.2) is 6.72 Å². The maximum atomic E-state index is 4.38. The van der Waals surface area contributed by atoms with Crippen molar-refractivity contribution in [1.29, 1.82) is 0 Å². The minimum atomic E-state index is 0.890. The lowest BCUT2D eigenvalue weighted by atomic mass is 9.90. The normalized spacial score (nSPS) is 11.6. The van der Waals surface area contributed by atoms with Gasteiger partial charge in [-0.1, -0.05) is 85.4 Å². The molecule has 0 unspecified atom stereocenters. The van der Waals surface area contributed by atoms with Crippen molar-refractivity contribution in [3.05, 3.63) is 113 Å². The van der Waals surface area contributed by atoms with Gasteiger partial charge in [0.2, 0.25) is 0 Å². The van der Waals surface area contributed by atoms with Gasteiger partial charge in [-0.3, -0.25) is 4.99 Å². The summed E-state index contributed by atoms with van der Waals surface area (Å²) in [6.07, 6.45) is 0. The first-order chi connectivity index (χ1) is 12.6. The van der Waals surface area contributed by atoms with Crippen LogP contribution in [0.5, 0.6) is 0 Å². The maximum absolute atomic E-state index is 4.38. The molecule has 0 saturated heterocycles. The van der Waals surface area contributed by atoms with Crippen LogP contribution in [0.2, 0.25) is 0 Å². The molecule has 0 aliphatic rings. The van der Waals surface area contributed by atoms with Crippen molar-refractivity contribution >= 4 is 23.6 Å². The molecule has 0 spiro atoms. The van der Waals surface area contributed by atoms with Gasteiger partial charge in [0.05, 0.1) is 5.70 Å². The molecule has 1 heteroatoms. The molecular formula is C25H23N. The fourth-order valence-corrected chi connectivity index (χ4v) is 3.24. The zero-order chi connectivity index (χ0) is 18.5. The zero-order valence-corrected chi connectivity index (χ0v) is 15.4. The predicted molar refractivity (Wildman–Crippen MR) is 114 cm³/mol. The molecule has 0 radical (unpaired) electrons. The molecule has 0 aromatic heterocycles. The first-order valence-electron chi connectivity index (χ1n) is 8.71. The average Bonchev–Trinajstić information content (AvgIpc) is 2.69. The standard InChI is InChI=1S/C25H23N/c1-18-12-8-9-15-22(18)20(3)23-16-10-11-17-24(23)25(26-4)19(2)21-13-6-5-7-14-21/h5-17H,3-4H2,1-2H3/b25-19+. The van der Waals surface area contributed by atoms with Gasteiger partial charge in [-0.15, -0.1) is 0 Å². The quantitative estimate of drug-likeness (QED) is 0.365. The van der Waals surface area contributed by atoms with Gasteiger partial charge in [-0.2, -0.15) is 0 Å². The topological polar surface area (TPSA) is 12.4 Å². The Hall–Kier alpha value is -3.19. The van der Waals surface area contributed by atoms with Crippen LogP contribution >= 0.6 is 0 Å². The average molecular weight is 337 g/mol. The van der Waals surface area contributed by atoms with Gasteiger partial charge in [0, 0.05) is 5.56 Å². The lowest BCUT2D eigenvalue weighted by Crippen LogP contribution is -1.96. The van der Waals surface area contributed by atoms with E-state index in [4.69, 9.17) is 0 Å². The molecule has 0 fully saturated rings. The first kappa shape index (κ1) is 17.6. The van der Waals surface area contributed by atoms with E-state index in [9.17, 15) is 0 Å². The maximum Gasteiger partial charge on any atom is 0.0736 e. The number of benzene rings is 3. The molecule has 3 rings (SSSR count). The molecule has 0 bridgehead atoms. The van der Waals surface area contributed by atoms with Gasteiger partial charge in [0.15, 0.2) is 0 Å². The molecule has 3 aromatic carbocycles. The summed E-state index contributed by atoms with van der Waals surface area (Å²) in [7, 11) is 0. The van der Waals surface area contributed by atoms with E-state index in [2.05, 4.69) is 68.5 Å². The number of aliphatic imine (C=N–C) groups is 1. The second-order valence-electron chi connectivity index (χ2n) is 6.34.